The zero-order chi connectivity index (χ0) is 14.4. The smallest absolute Gasteiger partial charge is 0.254 e. The van der Waals surface area contributed by atoms with Crippen LogP contribution in [-0.4, -0.2) is 17.4 Å². The number of carbonyl (C=O) groups excluding carboxylic acids is 1. The van der Waals surface area contributed by atoms with Gasteiger partial charge in [-0.25, -0.2) is 0 Å². The molecule has 0 fully saturated rings. The molecule has 0 atom stereocenters. The number of rotatable bonds is 4. The highest BCUT2D eigenvalue weighted by atomic mass is 16.1. The lowest BCUT2D eigenvalue weighted by atomic mass is 10.1. The first-order chi connectivity index (χ1) is 9.70. The van der Waals surface area contributed by atoms with E-state index in [4.69, 9.17) is 5.26 Å². The summed E-state index contributed by atoms with van der Waals surface area (Å²) >= 11 is 0. The van der Waals surface area contributed by atoms with Crippen LogP contribution in [0.1, 0.15) is 27.0 Å². The Morgan fingerprint density at radius 3 is 3.00 bits per heavy atom. The van der Waals surface area contributed by atoms with Gasteiger partial charge in [-0.3, -0.25) is 9.78 Å². The molecule has 0 saturated carbocycles. The molecule has 4 heteroatoms. The lowest BCUT2D eigenvalue weighted by Gasteiger charge is -2.06. The summed E-state index contributed by atoms with van der Waals surface area (Å²) in [7, 11) is 0. The van der Waals surface area contributed by atoms with Gasteiger partial charge in [0, 0.05) is 18.9 Å². The fraction of sp³-hybridized carbons (Fsp3) is 0.188. The lowest BCUT2D eigenvalue weighted by Crippen LogP contribution is -2.26. The molecular formula is C16H15N3O. The Balaban J connectivity index is 1.94. The van der Waals surface area contributed by atoms with Gasteiger partial charge < -0.3 is 5.32 Å². The number of nitrogens with one attached hydrogen (secondary N) is 1. The molecule has 1 amide bonds. The zero-order valence-corrected chi connectivity index (χ0v) is 11.3. The molecule has 1 heterocycles. The van der Waals surface area contributed by atoms with E-state index in [0.29, 0.717) is 17.7 Å². The van der Waals surface area contributed by atoms with Crippen molar-refractivity contribution in [2.45, 2.75) is 13.3 Å². The van der Waals surface area contributed by atoms with E-state index in [9.17, 15) is 4.79 Å². The summed E-state index contributed by atoms with van der Waals surface area (Å²) in [6, 6.07) is 11.7. The minimum absolute atomic E-state index is 0.262. The molecular weight excluding hydrogens is 250 g/mol. The van der Waals surface area contributed by atoms with Gasteiger partial charge in [-0.05, 0) is 25.0 Å². The van der Waals surface area contributed by atoms with Crippen LogP contribution in [0.2, 0.25) is 0 Å². The molecule has 20 heavy (non-hydrogen) atoms. The molecule has 0 unspecified atom stereocenters. The number of benzene rings is 1. The van der Waals surface area contributed by atoms with Crippen molar-refractivity contribution in [2.24, 2.45) is 0 Å². The molecule has 0 saturated heterocycles. The summed E-state index contributed by atoms with van der Waals surface area (Å²) in [5, 5.41) is 11.8. The van der Waals surface area contributed by atoms with Crippen LogP contribution in [0.15, 0.2) is 42.7 Å². The summed E-state index contributed by atoms with van der Waals surface area (Å²) in [4.78, 5) is 15.9. The normalized spacial score (nSPS) is 9.80. The third-order valence-corrected chi connectivity index (χ3v) is 2.97. The summed E-state index contributed by atoms with van der Waals surface area (Å²) in [5.41, 5.74) is 3.04. The zero-order valence-electron chi connectivity index (χ0n) is 11.3. The third-order valence-electron chi connectivity index (χ3n) is 2.97. The van der Waals surface area contributed by atoms with Gasteiger partial charge in [0.25, 0.3) is 5.91 Å². The highest BCUT2D eigenvalue weighted by Crippen LogP contribution is 2.06. The van der Waals surface area contributed by atoms with E-state index < -0.39 is 0 Å². The molecule has 0 bridgehead atoms. The van der Waals surface area contributed by atoms with E-state index in [2.05, 4.69) is 16.4 Å². The fourth-order valence-corrected chi connectivity index (χ4v) is 1.96. The number of pyridine rings is 1. The van der Waals surface area contributed by atoms with Crippen molar-refractivity contribution in [3.05, 3.63) is 65.0 Å². The van der Waals surface area contributed by atoms with Crippen molar-refractivity contribution in [3.63, 3.8) is 0 Å². The molecule has 0 spiro atoms. The van der Waals surface area contributed by atoms with Crippen LogP contribution in [0, 0.1) is 18.3 Å². The molecule has 1 aromatic heterocycles. The van der Waals surface area contributed by atoms with Gasteiger partial charge >= 0.3 is 0 Å². The molecule has 0 aliphatic heterocycles. The topological polar surface area (TPSA) is 65.8 Å². The maximum absolute atomic E-state index is 12.0. The molecule has 1 aromatic carbocycles. The SMILES string of the molecule is Cc1cccc(CCNC(=O)c2cnccc2C#N)c1. The van der Waals surface area contributed by atoms with Gasteiger partial charge in [0.15, 0.2) is 0 Å². The predicted octanol–water partition coefficient (Wildman–Crippen LogP) is 2.23. The predicted molar refractivity (Wildman–Crippen MR) is 76.2 cm³/mol. The highest BCUT2D eigenvalue weighted by Gasteiger charge is 2.10. The molecule has 4 nitrogen and oxygen atoms in total. The Morgan fingerprint density at radius 1 is 1.40 bits per heavy atom. The van der Waals surface area contributed by atoms with Crippen LogP contribution < -0.4 is 5.32 Å². The highest BCUT2D eigenvalue weighted by molar-refractivity contribution is 5.96. The lowest BCUT2D eigenvalue weighted by molar-refractivity contribution is 0.0953. The minimum atomic E-state index is -0.262. The molecule has 1 N–H and O–H groups in total. The molecule has 0 aliphatic carbocycles. The first kappa shape index (κ1) is 13.8. The van der Waals surface area contributed by atoms with Crippen molar-refractivity contribution in [1.82, 2.24) is 10.3 Å². The molecule has 0 radical (unpaired) electrons. The quantitative estimate of drug-likeness (QED) is 0.922. The largest absolute Gasteiger partial charge is 0.352 e. The van der Waals surface area contributed by atoms with Crippen LogP contribution in [0.3, 0.4) is 0 Å². The molecule has 2 rings (SSSR count). The van der Waals surface area contributed by atoms with Crippen molar-refractivity contribution >= 4 is 5.91 Å². The number of nitriles is 1. The van der Waals surface area contributed by atoms with Crippen LogP contribution >= 0.6 is 0 Å². The monoisotopic (exact) mass is 265 g/mol. The van der Waals surface area contributed by atoms with E-state index in [-0.39, 0.29) is 5.91 Å². The Morgan fingerprint density at radius 2 is 2.25 bits per heavy atom. The molecule has 0 aliphatic rings. The Hall–Kier alpha value is -2.67. The van der Waals surface area contributed by atoms with E-state index in [0.717, 1.165) is 6.42 Å². The fourth-order valence-electron chi connectivity index (χ4n) is 1.96. The second-order valence-electron chi connectivity index (χ2n) is 4.53. The number of hydrogen-bond donors (Lipinski definition) is 1. The number of nitrogens with zero attached hydrogens (tertiary/aromatic N) is 2. The summed E-state index contributed by atoms with van der Waals surface area (Å²) in [6.07, 6.45) is 3.68. The van der Waals surface area contributed by atoms with Crippen molar-refractivity contribution in [1.29, 1.82) is 5.26 Å². The summed E-state index contributed by atoms with van der Waals surface area (Å²) in [6.45, 7) is 2.57. The van der Waals surface area contributed by atoms with E-state index in [1.54, 1.807) is 0 Å². The number of aromatic nitrogens is 1. The van der Waals surface area contributed by atoms with Crippen LogP contribution in [-0.2, 0) is 6.42 Å². The van der Waals surface area contributed by atoms with Crippen LogP contribution in [0.5, 0.6) is 0 Å². The van der Waals surface area contributed by atoms with E-state index >= 15 is 0 Å². The van der Waals surface area contributed by atoms with Gasteiger partial charge in [-0.15, -0.1) is 0 Å². The van der Waals surface area contributed by atoms with E-state index in [1.165, 1.54) is 29.6 Å². The van der Waals surface area contributed by atoms with Crippen molar-refractivity contribution < 1.29 is 4.79 Å². The number of hydrogen-bond acceptors (Lipinski definition) is 3. The maximum Gasteiger partial charge on any atom is 0.254 e. The van der Waals surface area contributed by atoms with Crippen LogP contribution in [0.4, 0.5) is 0 Å². The second kappa shape index (κ2) is 6.48. The average molecular weight is 265 g/mol. The molecule has 100 valence electrons. The summed E-state index contributed by atoms with van der Waals surface area (Å²) in [5.74, 6) is -0.262. The van der Waals surface area contributed by atoms with Crippen molar-refractivity contribution in [2.75, 3.05) is 6.54 Å². The van der Waals surface area contributed by atoms with Gasteiger partial charge in [0.2, 0.25) is 0 Å². The Labute approximate surface area is 118 Å². The number of aryl methyl sites for hydroxylation is 1. The number of carbonyl (C=O) groups is 1. The average Bonchev–Trinajstić information content (AvgIpc) is 2.47. The summed E-state index contributed by atoms with van der Waals surface area (Å²) < 4.78 is 0. The van der Waals surface area contributed by atoms with Gasteiger partial charge in [0.05, 0.1) is 11.1 Å². The standard InChI is InChI=1S/C16H15N3O/c1-12-3-2-4-13(9-12)5-8-19-16(20)15-11-18-7-6-14(15)10-17/h2-4,6-7,9,11H,5,8H2,1H3,(H,19,20). The van der Waals surface area contributed by atoms with Crippen molar-refractivity contribution in [3.8, 4) is 6.07 Å². The van der Waals surface area contributed by atoms with Crippen LogP contribution in [0.25, 0.3) is 0 Å². The Kier molecular flexibility index (Phi) is 4.46. The van der Waals surface area contributed by atoms with Gasteiger partial charge in [0.1, 0.15) is 6.07 Å². The maximum atomic E-state index is 12.0. The number of amides is 1. The Bertz CT molecular complexity index is 659. The minimum Gasteiger partial charge on any atom is -0.352 e. The first-order valence-corrected chi connectivity index (χ1v) is 6.38. The molecule has 2 aromatic rings. The second-order valence-corrected chi connectivity index (χ2v) is 4.53. The van der Waals surface area contributed by atoms with Gasteiger partial charge in [-0.1, -0.05) is 29.8 Å². The third kappa shape index (κ3) is 3.42. The first-order valence-electron chi connectivity index (χ1n) is 6.38. The van der Waals surface area contributed by atoms with E-state index in [1.807, 2.05) is 31.2 Å². The van der Waals surface area contributed by atoms with Gasteiger partial charge in [-0.2, -0.15) is 5.26 Å².